The molecule has 1 aliphatic heterocycles. The Balaban J connectivity index is 1.63. The standard InChI is InChI=1S/C21H18BrNO3S2/c1-2-11-23-20(24)19(28-21(23)27)14-15-5-3-4-6-18(15)26-13-12-25-17-9-7-16(22)8-10-17/h2-10,14H,1,11-13H2. The maximum atomic E-state index is 12.5. The van der Waals surface area contributed by atoms with Gasteiger partial charge in [-0.2, -0.15) is 0 Å². The molecule has 0 spiro atoms. The van der Waals surface area contributed by atoms with Crippen molar-refractivity contribution in [2.24, 2.45) is 0 Å². The van der Waals surface area contributed by atoms with Crippen LogP contribution >= 0.6 is 39.9 Å². The Morgan fingerprint density at radius 2 is 1.82 bits per heavy atom. The highest BCUT2D eigenvalue weighted by Gasteiger charge is 2.31. The van der Waals surface area contributed by atoms with Gasteiger partial charge in [0.1, 0.15) is 29.0 Å². The molecule has 0 radical (unpaired) electrons. The summed E-state index contributed by atoms with van der Waals surface area (Å²) in [7, 11) is 0. The van der Waals surface area contributed by atoms with Crippen LogP contribution in [0.4, 0.5) is 0 Å². The van der Waals surface area contributed by atoms with Crippen molar-refractivity contribution in [1.82, 2.24) is 4.90 Å². The molecule has 0 unspecified atom stereocenters. The first-order valence-electron chi connectivity index (χ1n) is 8.55. The quantitative estimate of drug-likeness (QED) is 0.224. The number of hydrogen-bond acceptors (Lipinski definition) is 5. The number of hydrogen-bond donors (Lipinski definition) is 0. The van der Waals surface area contributed by atoms with E-state index in [1.165, 1.54) is 16.7 Å². The van der Waals surface area contributed by atoms with Crippen LogP contribution in [-0.4, -0.2) is 34.9 Å². The third-order valence-electron chi connectivity index (χ3n) is 3.81. The van der Waals surface area contributed by atoms with Crippen molar-refractivity contribution >= 4 is 56.2 Å². The summed E-state index contributed by atoms with van der Waals surface area (Å²) >= 11 is 9.96. The zero-order chi connectivity index (χ0) is 19.9. The van der Waals surface area contributed by atoms with Crippen LogP contribution < -0.4 is 9.47 Å². The van der Waals surface area contributed by atoms with Crippen LogP contribution in [0.5, 0.6) is 11.5 Å². The molecule has 7 heteroatoms. The predicted octanol–water partition coefficient (Wildman–Crippen LogP) is 5.29. The molecule has 0 saturated carbocycles. The zero-order valence-electron chi connectivity index (χ0n) is 15.0. The van der Waals surface area contributed by atoms with Gasteiger partial charge in [-0.1, -0.05) is 64.2 Å². The van der Waals surface area contributed by atoms with Crippen molar-refractivity contribution in [2.75, 3.05) is 19.8 Å². The summed E-state index contributed by atoms with van der Waals surface area (Å²) in [5.74, 6) is 1.37. The second-order valence-electron chi connectivity index (χ2n) is 5.77. The topological polar surface area (TPSA) is 38.8 Å². The van der Waals surface area contributed by atoms with Gasteiger partial charge >= 0.3 is 0 Å². The lowest BCUT2D eigenvalue weighted by molar-refractivity contribution is -0.121. The van der Waals surface area contributed by atoms with Gasteiger partial charge in [-0.25, -0.2) is 0 Å². The highest BCUT2D eigenvalue weighted by Crippen LogP contribution is 2.34. The summed E-state index contributed by atoms with van der Waals surface area (Å²) < 4.78 is 13.1. The van der Waals surface area contributed by atoms with E-state index in [9.17, 15) is 4.79 Å². The van der Waals surface area contributed by atoms with E-state index >= 15 is 0 Å². The Hall–Kier alpha value is -2.09. The van der Waals surface area contributed by atoms with E-state index < -0.39 is 0 Å². The molecule has 1 aliphatic rings. The summed E-state index contributed by atoms with van der Waals surface area (Å²) in [6, 6.07) is 15.2. The number of ether oxygens (including phenoxy) is 2. The molecule has 0 atom stereocenters. The third kappa shape index (κ3) is 5.25. The van der Waals surface area contributed by atoms with Crippen LogP contribution in [0.25, 0.3) is 6.08 Å². The molecule has 1 saturated heterocycles. The maximum Gasteiger partial charge on any atom is 0.266 e. The summed E-state index contributed by atoms with van der Waals surface area (Å²) in [5.41, 5.74) is 0.824. The first-order valence-corrected chi connectivity index (χ1v) is 10.6. The summed E-state index contributed by atoms with van der Waals surface area (Å²) in [4.78, 5) is 14.6. The minimum atomic E-state index is -0.108. The first-order chi connectivity index (χ1) is 13.6. The van der Waals surface area contributed by atoms with Gasteiger partial charge < -0.3 is 9.47 Å². The molecule has 1 heterocycles. The van der Waals surface area contributed by atoms with Gasteiger partial charge in [0.05, 0.1) is 4.91 Å². The number of para-hydroxylation sites is 1. The van der Waals surface area contributed by atoms with Crippen molar-refractivity contribution in [3.63, 3.8) is 0 Å². The smallest absolute Gasteiger partial charge is 0.266 e. The summed E-state index contributed by atoms with van der Waals surface area (Å²) in [6.45, 7) is 4.88. The molecule has 0 aromatic heterocycles. The van der Waals surface area contributed by atoms with Crippen LogP contribution in [0.1, 0.15) is 5.56 Å². The normalized spacial score (nSPS) is 15.2. The predicted molar refractivity (Wildman–Crippen MR) is 122 cm³/mol. The Morgan fingerprint density at radius 3 is 2.57 bits per heavy atom. The Morgan fingerprint density at radius 1 is 1.11 bits per heavy atom. The molecule has 0 aliphatic carbocycles. The second-order valence-corrected chi connectivity index (χ2v) is 8.36. The van der Waals surface area contributed by atoms with E-state index in [-0.39, 0.29) is 5.91 Å². The Bertz CT molecular complexity index is 912. The van der Waals surface area contributed by atoms with Crippen molar-refractivity contribution in [2.45, 2.75) is 0 Å². The molecular formula is C21H18BrNO3S2. The largest absolute Gasteiger partial charge is 0.490 e. The van der Waals surface area contributed by atoms with E-state index in [4.69, 9.17) is 21.7 Å². The monoisotopic (exact) mass is 475 g/mol. The number of thioether (sulfide) groups is 1. The molecule has 2 aromatic carbocycles. The van der Waals surface area contributed by atoms with Crippen LogP contribution in [0.15, 0.2) is 70.6 Å². The average molecular weight is 476 g/mol. The molecule has 2 aromatic rings. The molecule has 0 N–H and O–H groups in total. The fraction of sp³-hybridized carbons (Fsp3) is 0.143. The number of thiocarbonyl (C=S) groups is 1. The van der Waals surface area contributed by atoms with Crippen molar-refractivity contribution in [3.05, 3.63) is 76.1 Å². The number of amides is 1. The van der Waals surface area contributed by atoms with Gasteiger partial charge in [-0.15, -0.1) is 6.58 Å². The van der Waals surface area contributed by atoms with Gasteiger partial charge in [0, 0.05) is 16.6 Å². The lowest BCUT2D eigenvalue weighted by Gasteiger charge is -2.11. The van der Waals surface area contributed by atoms with E-state index in [0.717, 1.165) is 15.8 Å². The molecule has 28 heavy (non-hydrogen) atoms. The molecular weight excluding hydrogens is 458 g/mol. The lowest BCUT2D eigenvalue weighted by Crippen LogP contribution is -2.27. The van der Waals surface area contributed by atoms with E-state index in [2.05, 4.69) is 22.5 Å². The number of rotatable bonds is 8. The van der Waals surface area contributed by atoms with Gasteiger partial charge in [-0.3, -0.25) is 9.69 Å². The first kappa shape index (κ1) is 20.6. The molecule has 4 nitrogen and oxygen atoms in total. The Labute approximate surface area is 182 Å². The lowest BCUT2D eigenvalue weighted by atomic mass is 10.2. The highest BCUT2D eigenvalue weighted by atomic mass is 79.9. The molecule has 3 rings (SSSR count). The Kier molecular flexibility index (Phi) is 7.30. The van der Waals surface area contributed by atoms with Crippen LogP contribution in [-0.2, 0) is 4.79 Å². The average Bonchev–Trinajstić information content (AvgIpc) is 2.95. The van der Waals surface area contributed by atoms with Crippen LogP contribution in [0, 0.1) is 0 Å². The zero-order valence-corrected chi connectivity index (χ0v) is 18.2. The number of nitrogens with zero attached hydrogens (tertiary/aromatic N) is 1. The third-order valence-corrected chi connectivity index (χ3v) is 5.72. The van der Waals surface area contributed by atoms with Gasteiger partial charge in [0.25, 0.3) is 5.91 Å². The molecule has 0 bridgehead atoms. The van der Waals surface area contributed by atoms with E-state index in [1.54, 1.807) is 6.08 Å². The maximum absolute atomic E-state index is 12.5. The van der Waals surface area contributed by atoms with Crippen molar-refractivity contribution in [1.29, 1.82) is 0 Å². The fourth-order valence-corrected chi connectivity index (χ4v) is 4.03. The minimum Gasteiger partial charge on any atom is -0.490 e. The van der Waals surface area contributed by atoms with Crippen LogP contribution in [0.2, 0.25) is 0 Å². The van der Waals surface area contributed by atoms with Gasteiger partial charge in [0.2, 0.25) is 0 Å². The number of carbonyl (C=O) groups is 1. The molecule has 144 valence electrons. The van der Waals surface area contributed by atoms with E-state index in [0.29, 0.717) is 34.7 Å². The number of carbonyl (C=O) groups excluding carboxylic acids is 1. The molecule has 1 fully saturated rings. The van der Waals surface area contributed by atoms with E-state index in [1.807, 2.05) is 54.6 Å². The van der Waals surface area contributed by atoms with Crippen molar-refractivity contribution < 1.29 is 14.3 Å². The van der Waals surface area contributed by atoms with Crippen molar-refractivity contribution in [3.8, 4) is 11.5 Å². The van der Waals surface area contributed by atoms with Gasteiger partial charge in [-0.05, 0) is 36.4 Å². The number of benzene rings is 2. The second kappa shape index (κ2) is 9.91. The molecule has 1 amide bonds. The summed E-state index contributed by atoms with van der Waals surface area (Å²) in [6.07, 6.45) is 3.48. The highest BCUT2D eigenvalue weighted by molar-refractivity contribution is 9.10. The number of halogens is 1. The fourth-order valence-electron chi connectivity index (χ4n) is 2.50. The van der Waals surface area contributed by atoms with Gasteiger partial charge in [0.15, 0.2) is 0 Å². The minimum absolute atomic E-state index is 0.108. The SMILES string of the molecule is C=CCN1C(=O)C(=Cc2ccccc2OCCOc2ccc(Br)cc2)SC1=S. The van der Waals surface area contributed by atoms with Crippen LogP contribution in [0.3, 0.4) is 0 Å². The summed E-state index contributed by atoms with van der Waals surface area (Å²) in [5, 5.41) is 0.